The van der Waals surface area contributed by atoms with Crippen LogP contribution in [0.3, 0.4) is 0 Å². The van der Waals surface area contributed by atoms with Gasteiger partial charge in [0.1, 0.15) is 5.82 Å². The maximum absolute atomic E-state index is 13.6. The van der Waals surface area contributed by atoms with Gasteiger partial charge in [0.25, 0.3) is 0 Å². The van der Waals surface area contributed by atoms with Crippen molar-refractivity contribution >= 4 is 17.7 Å². The average molecular weight is 355 g/mol. The largest absolute Gasteiger partial charge is 0.379 e. The lowest BCUT2D eigenvalue weighted by atomic mass is 10.0. The molecule has 2 rings (SSSR count). The normalized spacial score (nSPS) is 18.1. The highest BCUT2D eigenvalue weighted by atomic mass is 32.2. The number of nitrogens with one attached hydrogen (secondary N) is 1. The highest BCUT2D eigenvalue weighted by Gasteiger charge is 2.24. The molecule has 1 unspecified atom stereocenters. The molecule has 3 N–H and O–H groups in total. The molecule has 1 aliphatic heterocycles. The van der Waals surface area contributed by atoms with Crippen molar-refractivity contribution in [3.8, 4) is 0 Å². The lowest BCUT2D eigenvalue weighted by Crippen LogP contribution is -2.47. The molecular weight excluding hydrogens is 329 g/mol. The van der Waals surface area contributed by atoms with Gasteiger partial charge in [-0.1, -0.05) is 12.1 Å². The minimum Gasteiger partial charge on any atom is -0.379 e. The van der Waals surface area contributed by atoms with E-state index < -0.39 is 6.04 Å². The van der Waals surface area contributed by atoms with Crippen molar-refractivity contribution in [2.75, 3.05) is 44.9 Å². The number of carbonyl (C=O) groups is 1. The van der Waals surface area contributed by atoms with Crippen LogP contribution in [0.15, 0.2) is 24.3 Å². The first-order valence-electron chi connectivity index (χ1n) is 8.21. The van der Waals surface area contributed by atoms with Crippen molar-refractivity contribution in [2.45, 2.75) is 18.5 Å². The van der Waals surface area contributed by atoms with Gasteiger partial charge in [0.05, 0.1) is 25.3 Å². The summed E-state index contributed by atoms with van der Waals surface area (Å²) >= 11 is 1.67. The van der Waals surface area contributed by atoms with Gasteiger partial charge in [-0.05, 0) is 36.1 Å². The van der Waals surface area contributed by atoms with E-state index in [0.717, 1.165) is 24.4 Å². The fourth-order valence-corrected chi connectivity index (χ4v) is 3.25. The van der Waals surface area contributed by atoms with Crippen LogP contribution < -0.4 is 11.1 Å². The molecule has 0 spiro atoms. The Hall–Kier alpha value is -1.15. The molecule has 1 aromatic rings. The van der Waals surface area contributed by atoms with Crippen LogP contribution in [0.1, 0.15) is 18.0 Å². The quantitative estimate of drug-likeness (QED) is 0.738. The van der Waals surface area contributed by atoms with Crippen LogP contribution in [0.5, 0.6) is 0 Å². The zero-order chi connectivity index (χ0) is 17.4. The molecule has 1 fully saturated rings. The van der Waals surface area contributed by atoms with Gasteiger partial charge in [0.2, 0.25) is 5.91 Å². The van der Waals surface area contributed by atoms with Crippen molar-refractivity contribution in [2.24, 2.45) is 5.73 Å². The van der Waals surface area contributed by atoms with Crippen molar-refractivity contribution in [1.29, 1.82) is 0 Å². The van der Waals surface area contributed by atoms with Gasteiger partial charge >= 0.3 is 0 Å². The Morgan fingerprint density at radius 3 is 2.88 bits per heavy atom. The first kappa shape index (κ1) is 19.2. The van der Waals surface area contributed by atoms with Crippen LogP contribution in [0, 0.1) is 5.82 Å². The van der Waals surface area contributed by atoms with Gasteiger partial charge in [-0.25, -0.2) is 4.39 Å². The van der Waals surface area contributed by atoms with Gasteiger partial charge in [0.15, 0.2) is 0 Å². The molecule has 0 aromatic heterocycles. The van der Waals surface area contributed by atoms with Crippen LogP contribution in [-0.2, 0) is 9.53 Å². The summed E-state index contributed by atoms with van der Waals surface area (Å²) in [5, 5.41) is 2.93. The molecule has 1 heterocycles. The first-order chi connectivity index (χ1) is 11.6. The maximum atomic E-state index is 13.6. The molecule has 0 bridgehead atoms. The smallest absolute Gasteiger partial charge is 0.237 e. The number of amides is 1. The molecule has 0 radical (unpaired) electrons. The molecular formula is C17H26FN3O2S. The Bertz CT molecular complexity index is 526. The predicted molar refractivity (Wildman–Crippen MR) is 95.5 cm³/mol. The van der Waals surface area contributed by atoms with Gasteiger partial charge in [-0.3, -0.25) is 9.69 Å². The Balaban J connectivity index is 2.01. The lowest BCUT2D eigenvalue weighted by molar-refractivity contribution is -0.122. The number of nitrogens with two attached hydrogens (primary N) is 1. The molecule has 5 nitrogen and oxygen atoms in total. The fraction of sp³-hybridized carbons (Fsp3) is 0.588. The molecule has 2 atom stereocenters. The van der Waals surface area contributed by atoms with Crippen molar-refractivity contribution in [3.63, 3.8) is 0 Å². The zero-order valence-corrected chi connectivity index (χ0v) is 14.9. The number of hydrogen-bond donors (Lipinski definition) is 2. The van der Waals surface area contributed by atoms with E-state index in [9.17, 15) is 9.18 Å². The number of ether oxygens (including phenoxy) is 1. The third kappa shape index (κ3) is 5.73. The molecule has 1 aliphatic rings. The van der Waals surface area contributed by atoms with Gasteiger partial charge in [-0.15, -0.1) is 0 Å². The van der Waals surface area contributed by atoms with E-state index >= 15 is 0 Å². The number of morpholine rings is 1. The second-order valence-electron chi connectivity index (χ2n) is 5.85. The second-order valence-corrected chi connectivity index (χ2v) is 6.84. The topological polar surface area (TPSA) is 67.6 Å². The van der Waals surface area contributed by atoms with Gasteiger partial charge in [-0.2, -0.15) is 11.8 Å². The van der Waals surface area contributed by atoms with Gasteiger partial charge < -0.3 is 15.8 Å². The summed E-state index contributed by atoms with van der Waals surface area (Å²) in [6.45, 7) is 3.22. The monoisotopic (exact) mass is 355 g/mol. The summed E-state index contributed by atoms with van der Waals surface area (Å²) in [6.07, 6.45) is 2.64. The molecule has 24 heavy (non-hydrogen) atoms. The minimum absolute atomic E-state index is 0.0821. The maximum Gasteiger partial charge on any atom is 0.237 e. The SMILES string of the molecule is CSCC[C@H](N)C(=O)NCC(c1cccc(F)c1)N1CCOCC1. The molecule has 7 heteroatoms. The summed E-state index contributed by atoms with van der Waals surface area (Å²) in [5.41, 5.74) is 6.77. The average Bonchev–Trinajstić information content (AvgIpc) is 2.60. The highest BCUT2D eigenvalue weighted by molar-refractivity contribution is 7.98. The fourth-order valence-electron chi connectivity index (χ4n) is 2.77. The van der Waals surface area contributed by atoms with Crippen molar-refractivity contribution in [1.82, 2.24) is 10.2 Å². The number of carbonyl (C=O) groups excluding carboxylic acids is 1. The van der Waals surface area contributed by atoms with Crippen LogP contribution in [-0.4, -0.2) is 61.7 Å². The Kier molecular flexibility index (Phi) is 7.98. The van der Waals surface area contributed by atoms with E-state index in [2.05, 4.69) is 10.2 Å². The molecule has 1 saturated heterocycles. The first-order valence-corrected chi connectivity index (χ1v) is 9.60. The second kappa shape index (κ2) is 9.98. The molecule has 1 aromatic carbocycles. The number of hydrogen-bond acceptors (Lipinski definition) is 5. The number of halogens is 1. The molecule has 0 aliphatic carbocycles. The lowest BCUT2D eigenvalue weighted by Gasteiger charge is -2.35. The molecule has 0 saturated carbocycles. The zero-order valence-electron chi connectivity index (χ0n) is 14.0. The van der Waals surface area contributed by atoms with Crippen LogP contribution in [0.2, 0.25) is 0 Å². The predicted octanol–water partition coefficient (Wildman–Crippen LogP) is 1.40. The number of rotatable bonds is 8. The minimum atomic E-state index is -0.504. The van der Waals surface area contributed by atoms with Crippen molar-refractivity contribution in [3.05, 3.63) is 35.6 Å². The summed E-state index contributed by atoms with van der Waals surface area (Å²) in [6, 6.07) is 5.96. The number of benzene rings is 1. The standard InChI is InChI=1S/C17H26FN3O2S/c1-24-10-5-15(19)17(22)20-12-16(21-6-8-23-9-7-21)13-3-2-4-14(18)11-13/h2-4,11,15-16H,5-10,12,19H2,1H3,(H,20,22)/t15-,16?/m0/s1. The number of thioether (sulfide) groups is 1. The highest BCUT2D eigenvalue weighted by Crippen LogP contribution is 2.22. The van der Waals surface area contributed by atoms with E-state index in [4.69, 9.17) is 10.5 Å². The third-order valence-corrected chi connectivity index (χ3v) is 4.80. The molecule has 134 valence electrons. The summed E-state index contributed by atoms with van der Waals surface area (Å²) < 4.78 is 19.0. The summed E-state index contributed by atoms with van der Waals surface area (Å²) in [7, 11) is 0. The third-order valence-electron chi connectivity index (χ3n) is 4.16. The Morgan fingerprint density at radius 2 is 2.21 bits per heavy atom. The van der Waals surface area contributed by atoms with Gasteiger partial charge in [0, 0.05) is 19.6 Å². The van der Waals surface area contributed by atoms with Crippen LogP contribution in [0.4, 0.5) is 4.39 Å². The number of nitrogens with zero attached hydrogens (tertiary/aromatic N) is 1. The van der Waals surface area contributed by atoms with E-state index in [0.29, 0.717) is 26.2 Å². The Labute approximate surface area is 147 Å². The van der Waals surface area contributed by atoms with E-state index in [1.165, 1.54) is 12.1 Å². The van der Waals surface area contributed by atoms with Crippen LogP contribution >= 0.6 is 11.8 Å². The summed E-state index contributed by atoms with van der Waals surface area (Å²) in [5.74, 6) is 0.429. The van der Waals surface area contributed by atoms with E-state index in [1.54, 1.807) is 17.8 Å². The van der Waals surface area contributed by atoms with Crippen molar-refractivity contribution < 1.29 is 13.9 Å². The van der Waals surface area contributed by atoms with Crippen LogP contribution in [0.25, 0.3) is 0 Å². The Morgan fingerprint density at radius 1 is 1.46 bits per heavy atom. The summed E-state index contributed by atoms with van der Waals surface area (Å²) in [4.78, 5) is 14.4. The van der Waals surface area contributed by atoms with E-state index in [1.807, 2.05) is 12.3 Å². The molecule has 1 amide bonds. The van der Waals surface area contributed by atoms with E-state index in [-0.39, 0.29) is 17.8 Å².